The van der Waals surface area contributed by atoms with Gasteiger partial charge in [-0.25, -0.2) is 0 Å². The van der Waals surface area contributed by atoms with Crippen LogP contribution in [0.2, 0.25) is 0 Å². The molecule has 2 saturated heterocycles. The monoisotopic (exact) mass is 407 g/mol. The highest BCUT2D eigenvalue weighted by atomic mass is 16.7. The molecule has 3 aliphatic heterocycles. The van der Waals surface area contributed by atoms with Gasteiger partial charge in [0.05, 0.1) is 5.92 Å². The van der Waals surface area contributed by atoms with Crippen LogP contribution in [-0.4, -0.2) is 66.7 Å². The van der Waals surface area contributed by atoms with Gasteiger partial charge in [0.15, 0.2) is 11.5 Å². The highest BCUT2D eigenvalue weighted by Crippen LogP contribution is 2.33. The van der Waals surface area contributed by atoms with Gasteiger partial charge in [0.2, 0.25) is 12.7 Å². The number of nitrogens with zero attached hydrogens (tertiary/aromatic N) is 3. The van der Waals surface area contributed by atoms with Gasteiger partial charge in [-0.05, 0) is 36.2 Å². The third-order valence-corrected chi connectivity index (χ3v) is 6.40. The van der Waals surface area contributed by atoms with Crippen molar-refractivity contribution < 1.29 is 14.3 Å². The van der Waals surface area contributed by atoms with Gasteiger partial charge in [0, 0.05) is 45.8 Å². The molecule has 0 bridgehead atoms. The molecule has 30 heavy (non-hydrogen) atoms. The fourth-order valence-electron chi connectivity index (χ4n) is 4.70. The third kappa shape index (κ3) is 4.30. The van der Waals surface area contributed by atoms with Crippen molar-refractivity contribution in [3.8, 4) is 11.5 Å². The molecule has 3 heterocycles. The maximum Gasteiger partial charge on any atom is 0.231 e. The number of piperazine rings is 1. The van der Waals surface area contributed by atoms with Crippen LogP contribution < -0.4 is 9.47 Å². The Hall–Kier alpha value is -2.57. The van der Waals surface area contributed by atoms with E-state index in [0.29, 0.717) is 12.7 Å². The van der Waals surface area contributed by atoms with E-state index in [2.05, 4.69) is 51.1 Å². The van der Waals surface area contributed by atoms with E-state index in [-0.39, 0.29) is 5.92 Å². The molecule has 3 aliphatic rings. The molecule has 0 saturated carbocycles. The molecule has 5 rings (SSSR count). The smallest absolute Gasteiger partial charge is 0.231 e. The summed E-state index contributed by atoms with van der Waals surface area (Å²) in [5.74, 6) is 2.15. The maximum atomic E-state index is 13.0. The Morgan fingerprint density at radius 1 is 0.833 bits per heavy atom. The topological polar surface area (TPSA) is 45.3 Å². The van der Waals surface area contributed by atoms with Gasteiger partial charge in [-0.2, -0.15) is 0 Å². The summed E-state index contributed by atoms with van der Waals surface area (Å²) in [6.07, 6.45) is 0.975. The molecule has 0 radical (unpaired) electrons. The second kappa shape index (κ2) is 8.66. The first-order valence-electron chi connectivity index (χ1n) is 10.9. The first-order valence-corrected chi connectivity index (χ1v) is 10.9. The van der Waals surface area contributed by atoms with Crippen LogP contribution in [0.25, 0.3) is 0 Å². The highest BCUT2D eigenvalue weighted by Gasteiger charge is 2.32. The lowest BCUT2D eigenvalue weighted by Crippen LogP contribution is -2.50. The summed E-state index contributed by atoms with van der Waals surface area (Å²) in [4.78, 5) is 19.9. The number of fused-ring (bicyclic) bond motifs is 1. The normalized spacial score (nSPS) is 21.9. The SMILES string of the molecule is O=C(C1CCN(Cc2ccccc2)C1)N1CCN(Cc2ccc3c(c2)OCO3)CC1. The second-order valence-corrected chi connectivity index (χ2v) is 8.50. The van der Waals surface area contributed by atoms with Gasteiger partial charge in [0.1, 0.15) is 0 Å². The van der Waals surface area contributed by atoms with Gasteiger partial charge in [-0.3, -0.25) is 14.6 Å². The molecule has 1 atom stereocenters. The summed E-state index contributed by atoms with van der Waals surface area (Å²) in [5, 5.41) is 0. The number of benzene rings is 2. The van der Waals surface area contributed by atoms with Crippen LogP contribution in [-0.2, 0) is 17.9 Å². The largest absolute Gasteiger partial charge is 0.454 e. The van der Waals surface area contributed by atoms with Gasteiger partial charge in [-0.1, -0.05) is 36.4 Å². The summed E-state index contributed by atoms with van der Waals surface area (Å²) >= 11 is 0. The first kappa shape index (κ1) is 19.4. The Labute approximate surface area is 178 Å². The fourth-order valence-corrected chi connectivity index (χ4v) is 4.70. The van der Waals surface area contributed by atoms with Crippen molar-refractivity contribution in [3.63, 3.8) is 0 Å². The number of carbonyl (C=O) groups is 1. The van der Waals surface area contributed by atoms with Crippen LogP contribution in [0.1, 0.15) is 17.5 Å². The molecule has 158 valence electrons. The number of ether oxygens (including phenoxy) is 2. The zero-order chi connectivity index (χ0) is 20.3. The quantitative estimate of drug-likeness (QED) is 0.762. The highest BCUT2D eigenvalue weighted by molar-refractivity contribution is 5.79. The molecule has 2 aromatic carbocycles. The lowest BCUT2D eigenvalue weighted by atomic mass is 10.1. The molecule has 2 aromatic rings. The molecular formula is C24H29N3O3. The van der Waals surface area contributed by atoms with Crippen LogP contribution in [0.3, 0.4) is 0 Å². The molecule has 1 unspecified atom stereocenters. The summed E-state index contributed by atoms with van der Waals surface area (Å²) in [6, 6.07) is 16.7. The minimum Gasteiger partial charge on any atom is -0.454 e. The van der Waals surface area contributed by atoms with Gasteiger partial charge >= 0.3 is 0 Å². The summed E-state index contributed by atoms with van der Waals surface area (Å²) in [6.45, 7) is 7.49. The molecular weight excluding hydrogens is 378 g/mol. The van der Waals surface area contributed by atoms with E-state index < -0.39 is 0 Å². The number of carbonyl (C=O) groups excluding carboxylic acids is 1. The van der Waals surface area contributed by atoms with Crippen molar-refractivity contribution in [2.45, 2.75) is 19.5 Å². The van der Waals surface area contributed by atoms with Crippen molar-refractivity contribution in [2.24, 2.45) is 5.92 Å². The summed E-state index contributed by atoms with van der Waals surface area (Å²) in [5.41, 5.74) is 2.55. The van der Waals surface area contributed by atoms with Crippen molar-refractivity contribution in [3.05, 3.63) is 59.7 Å². The van der Waals surface area contributed by atoms with Gasteiger partial charge in [-0.15, -0.1) is 0 Å². The van der Waals surface area contributed by atoms with E-state index in [4.69, 9.17) is 9.47 Å². The van der Waals surface area contributed by atoms with Gasteiger partial charge in [0.25, 0.3) is 0 Å². The number of amides is 1. The van der Waals surface area contributed by atoms with Crippen molar-refractivity contribution >= 4 is 5.91 Å². The first-order chi connectivity index (χ1) is 14.7. The number of hydrogen-bond donors (Lipinski definition) is 0. The van der Waals surface area contributed by atoms with Crippen molar-refractivity contribution in [2.75, 3.05) is 46.1 Å². The van der Waals surface area contributed by atoms with Crippen LogP contribution in [0.5, 0.6) is 11.5 Å². The third-order valence-electron chi connectivity index (χ3n) is 6.40. The number of hydrogen-bond acceptors (Lipinski definition) is 5. The molecule has 0 N–H and O–H groups in total. The molecule has 0 spiro atoms. The Morgan fingerprint density at radius 3 is 2.43 bits per heavy atom. The lowest BCUT2D eigenvalue weighted by Gasteiger charge is -2.36. The van der Waals surface area contributed by atoms with E-state index in [9.17, 15) is 4.79 Å². The Balaban J connectivity index is 1.09. The zero-order valence-corrected chi connectivity index (χ0v) is 17.3. The maximum absolute atomic E-state index is 13.0. The van der Waals surface area contributed by atoms with E-state index >= 15 is 0 Å². The average molecular weight is 408 g/mol. The summed E-state index contributed by atoms with van der Waals surface area (Å²) in [7, 11) is 0. The van der Waals surface area contributed by atoms with Crippen molar-refractivity contribution in [1.82, 2.24) is 14.7 Å². The predicted octanol–water partition coefficient (Wildman–Crippen LogP) is 2.58. The van der Waals surface area contributed by atoms with E-state index in [1.807, 2.05) is 12.1 Å². The van der Waals surface area contributed by atoms with E-state index in [1.165, 1.54) is 11.1 Å². The van der Waals surface area contributed by atoms with Crippen LogP contribution >= 0.6 is 0 Å². The number of rotatable bonds is 5. The minimum absolute atomic E-state index is 0.147. The molecule has 2 fully saturated rings. The minimum atomic E-state index is 0.147. The molecule has 0 aromatic heterocycles. The average Bonchev–Trinajstić information content (AvgIpc) is 3.44. The second-order valence-electron chi connectivity index (χ2n) is 8.50. The van der Waals surface area contributed by atoms with E-state index in [1.54, 1.807) is 0 Å². The summed E-state index contributed by atoms with van der Waals surface area (Å²) < 4.78 is 10.9. The Bertz CT molecular complexity index is 881. The van der Waals surface area contributed by atoms with Crippen LogP contribution in [0, 0.1) is 5.92 Å². The Morgan fingerprint density at radius 2 is 1.60 bits per heavy atom. The molecule has 6 nitrogen and oxygen atoms in total. The Kier molecular flexibility index (Phi) is 5.60. The van der Waals surface area contributed by atoms with Crippen molar-refractivity contribution in [1.29, 1.82) is 0 Å². The zero-order valence-electron chi connectivity index (χ0n) is 17.3. The van der Waals surface area contributed by atoms with E-state index in [0.717, 1.165) is 70.3 Å². The molecule has 6 heteroatoms. The number of likely N-dealkylation sites (tertiary alicyclic amines) is 1. The molecule has 0 aliphatic carbocycles. The van der Waals surface area contributed by atoms with Crippen LogP contribution in [0.15, 0.2) is 48.5 Å². The molecule has 1 amide bonds. The van der Waals surface area contributed by atoms with Gasteiger partial charge < -0.3 is 14.4 Å². The standard InChI is InChI=1S/C24H29N3O3/c28-24(21-8-9-26(17-21)15-19-4-2-1-3-5-19)27-12-10-25(11-13-27)16-20-6-7-22-23(14-20)30-18-29-22/h1-7,14,21H,8-13,15-18H2. The predicted molar refractivity (Wildman–Crippen MR) is 114 cm³/mol. The fraction of sp³-hybridized carbons (Fsp3) is 0.458. The van der Waals surface area contributed by atoms with Crippen LogP contribution in [0.4, 0.5) is 0 Å². The lowest BCUT2D eigenvalue weighted by molar-refractivity contribution is -0.137.